The Balaban J connectivity index is 2.50. The van der Waals surface area contributed by atoms with Gasteiger partial charge in [0.15, 0.2) is 0 Å². The van der Waals surface area contributed by atoms with Crippen LogP contribution in [0.5, 0.6) is 0 Å². The van der Waals surface area contributed by atoms with Gasteiger partial charge in [0.05, 0.1) is 16.6 Å². The van der Waals surface area contributed by atoms with E-state index in [2.05, 4.69) is 0 Å². The molecule has 0 amide bonds. The lowest BCUT2D eigenvalue weighted by molar-refractivity contribution is -0.384. The van der Waals surface area contributed by atoms with E-state index < -0.39 is 16.9 Å². The van der Waals surface area contributed by atoms with Crippen LogP contribution in [-0.4, -0.2) is 28.6 Å². The minimum Gasteiger partial charge on any atom is -0.480 e. The average molecular weight is 261 g/mol. The number of carbonyl (C=O) groups is 1. The van der Waals surface area contributed by atoms with E-state index in [-0.39, 0.29) is 16.9 Å². The van der Waals surface area contributed by atoms with Crippen LogP contribution in [0.25, 0.3) is 0 Å². The maximum atomic E-state index is 11.1. The van der Waals surface area contributed by atoms with Gasteiger partial charge in [-0.15, -0.1) is 0 Å². The average Bonchev–Trinajstić information content (AvgIpc) is 2.87. The first-order valence-corrected chi connectivity index (χ1v) is 5.72. The number of carboxylic acid groups (broad SMARTS) is 1. The Morgan fingerprint density at radius 2 is 2.32 bits per heavy atom. The topological polar surface area (TPSA) is 107 Å². The van der Waals surface area contributed by atoms with E-state index in [9.17, 15) is 14.9 Å². The van der Waals surface area contributed by atoms with E-state index in [0.717, 1.165) is 0 Å². The Kier molecular flexibility index (Phi) is 3.33. The van der Waals surface area contributed by atoms with Crippen LogP contribution in [0.2, 0.25) is 0 Å². The molecule has 0 spiro atoms. The van der Waals surface area contributed by atoms with E-state index in [1.807, 2.05) is 6.07 Å². The van der Waals surface area contributed by atoms with Crippen LogP contribution < -0.4 is 4.90 Å². The molecule has 1 heterocycles. The molecule has 0 bridgehead atoms. The van der Waals surface area contributed by atoms with Gasteiger partial charge in [-0.25, -0.2) is 4.79 Å². The van der Waals surface area contributed by atoms with E-state index in [0.29, 0.717) is 19.4 Å². The van der Waals surface area contributed by atoms with Crippen molar-refractivity contribution in [2.24, 2.45) is 0 Å². The third kappa shape index (κ3) is 2.33. The van der Waals surface area contributed by atoms with Gasteiger partial charge >= 0.3 is 5.97 Å². The Labute approximate surface area is 108 Å². The molecule has 0 aromatic heterocycles. The third-order valence-electron chi connectivity index (χ3n) is 3.15. The standard InChI is InChI=1S/C12H11N3O4/c13-7-8-3-4-9(15(18)19)11(6-8)14-5-1-2-10(14)12(16)17/h3-4,6,10H,1-2,5H2,(H,16,17). The first-order valence-electron chi connectivity index (χ1n) is 5.72. The van der Waals surface area contributed by atoms with Crippen LogP contribution in [0.15, 0.2) is 18.2 Å². The van der Waals surface area contributed by atoms with Gasteiger partial charge in [0.1, 0.15) is 11.7 Å². The van der Waals surface area contributed by atoms with Crippen molar-refractivity contribution < 1.29 is 14.8 Å². The predicted molar refractivity (Wildman–Crippen MR) is 65.8 cm³/mol. The molecule has 98 valence electrons. The van der Waals surface area contributed by atoms with Gasteiger partial charge in [-0.3, -0.25) is 10.1 Å². The van der Waals surface area contributed by atoms with Crippen LogP contribution in [0.4, 0.5) is 11.4 Å². The highest BCUT2D eigenvalue weighted by Crippen LogP contribution is 2.34. The van der Waals surface area contributed by atoms with Gasteiger partial charge < -0.3 is 10.0 Å². The lowest BCUT2D eigenvalue weighted by Gasteiger charge is -2.23. The number of hydrogen-bond acceptors (Lipinski definition) is 5. The van der Waals surface area contributed by atoms with E-state index in [1.165, 1.54) is 23.1 Å². The SMILES string of the molecule is N#Cc1ccc([N+](=O)[O-])c(N2CCCC2C(=O)O)c1. The molecule has 1 aliphatic rings. The lowest BCUT2D eigenvalue weighted by atomic mass is 10.1. The molecule has 0 saturated carbocycles. The highest BCUT2D eigenvalue weighted by molar-refractivity contribution is 5.81. The number of nitrogens with zero attached hydrogens (tertiary/aromatic N) is 3. The number of hydrogen-bond donors (Lipinski definition) is 1. The minimum absolute atomic E-state index is 0.174. The quantitative estimate of drug-likeness (QED) is 0.652. The molecule has 19 heavy (non-hydrogen) atoms. The van der Waals surface area contributed by atoms with Gasteiger partial charge in [-0.1, -0.05) is 0 Å². The van der Waals surface area contributed by atoms with Crippen molar-refractivity contribution in [3.63, 3.8) is 0 Å². The third-order valence-corrected chi connectivity index (χ3v) is 3.15. The van der Waals surface area contributed by atoms with E-state index in [4.69, 9.17) is 10.4 Å². The molecule has 2 rings (SSSR count). The van der Waals surface area contributed by atoms with Crippen LogP contribution in [0, 0.1) is 21.4 Å². The minimum atomic E-state index is -1.01. The summed E-state index contributed by atoms with van der Waals surface area (Å²) in [6.45, 7) is 0.437. The molecular formula is C12H11N3O4. The zero-order valence-corrected chi connectivity index (χ0v) is 9.94. The fourth-order valence-electron chi connectivity index (χ4n) is 2.29. The summed E-state index contributed by atoms with van der Waals surface area (Å²) in [5.74, 6) is -1.01. The summed E-state index contributed by atoms with van der Waals surface area (Å²) < 4.78 is 0. The molecule has 1 atom stereocenters. The molecule has 1 fully saturated rings. The highest BCUT2D eigenvalue weighted by Gasteiger charge is 2.34. The van der Waals surface area contributed by atoms with Crippen molar-refractivity contribution in [3.05, 3.63) is 33.9 Å². The molecular weight excluding hydrogens is 250 g/mol. The fourth-order valence-corrected chi connectivity index (χ4v) is 2.29. The summed E-state index contributed by atoms with van der Waals surface area (Å²) in [6.07, 6.45) is 1.11. The van der Waals surface area contributed by atoms with Gasteiger partial charge in [-0.05, 0) is 25.0 Å². The van der Waals surface area contributed by atoms with Crippen molar-refractivity contribution >= 4 is 17.3 Å². The monoisotopic (exact) mass is 261 g/mol. The molecule has 7 heteroatoms. The largest absolute Gasteiger partial charge is 0.480 e. The number of aliphatic carboxylic acids is 1. The second kappa shape index (κ2) is 4.94. The molecule has 1 aromatic carbocycles. The summed E-state index contributed by atoms with van der Waals surface area (Å²) >= 11 is 0. The van der Waals surface area contributed by atoms with Crippen molar-refractivity contribution in [1.82, 2.24) is 0 Å². The summed E-state index contributed by atoms with van der Waals surface area (Å²) in [5.41, 5.74) is 0.303. The summed E-state index contributed by atoms with van der Waals surface area (Å²) in [7, 11) is 0. The number of anilines is 1. The zero-order chi connectivity index (χ0) is 14.0. The number of nitro benzene ring substituents is 1. The second-order valence-electron chi connectivity index (χ2n) is 4.26. The van der Waals surface area contributed by atoms with Gasteiger partial charge in [0.25, 0.3) is 5.69 Å². The van der Waals surface area contributed by atoms with E-state index >= 15 is 0 Å². The maximum Gasteiger partial charge on any atom is 0.326 e. The summed E-state index contributed by atoms with van der Waals surface area (Å²) in [6, 6.07) is 5.10. The molecule has 1 unspecified atom stereocenters. The van der Waals surface area contributed by atoms with Gasteiger partial charge in [0.2, 0.25) is 0 Å². The molecule has 0 radical (unpaired) electrons. The Morgan fingerprint density at radius 1 is 1.58 bits per heavy atom. The molecule has 1 saturated heterocycles. The Hall–Kier alpha value is -2.62. The molecule has 1 aromatic rings. The van der Waals surface area contributed by atoms with Crippen molar-refractivity contribution in [3.8, 4) is 6.07 Å². The first kappa shape index (κ1) is 12.8. The summed E-state index contributed by atoms with van der Waals surface area (Å²) in [4.78, 5) is 23.1. The van der Waals surface area contributed by atoms with Crippen molar-refractivity contribution in [2.75, 3.05) is 11.4 Å². The van der Waals surface area contributed by atoms with Crippen molar-refractivity contribution in [2.45, 2.75) is 18.9 Å². The first-order chi connectivity index (χ1) is 9.04. The maximum absolute atomic E-state index is 11.1. The highest BCUT2D eigenvalue weighted by atomic mass is 16.6. The number of nitro groups is 1. The molecule has 7 nitrogen and oxygen atoms in total. The number of nitriles is 1. The number of benzene rings is 1. The number of rotatable bonds is 3. The van der Waals surface area contributed by atoms with Crippen LogP contribution in [0.3, 0.4) is 0 Å². The normalized spacial score (nSPS) is 18.1. The summed E-state index contributed by atoms with van der Waals surface area (Å²) in [5, 5.41) is 29.0. The zero-order valence-electron chi connectivity index (χ0n) is 9.94. The van der Waals surface area contributed by atoms with Crippen molar-refractivity contribution in [1.29, 1.82) is 5.26 Å². The van der Waals surface area contributed by atoms with Gasteiger partial charge in [0, 0.05) is 12.6 Å². The molecule has 1 N–H and O–H groups in total. The molecule has 1 aliphatic heterocycles. The van der Waals surface area contributed by atoms with Crippen LogP contribution in [-0.2, 0) is 4.79 Å². The fraction of sp³-hybridized carbons (Fsp3) is 0.333. The Bertz CT molecular complexity index is 579. The van der Waals surface area contributed by atoms with Gasteiger partial charge in [-0.2, -0.15) is 5.26 Å². The smallest absolute Gasteiger partial charge is 0.326 e. The number of carboxylic acids is 1. The van der Waals surface area contributed by atoms with Crippen LogP contribution >= 0.6 is 0 Å². The lowest BCUT2D eigenvalue weighted by Crippen LogP contribution is -2.36. The second-order valence-corrected chi connectivity index (χ2v) is 4.26. The Morgan fingerprint density at radius 3 is 2.89 bits per heavy atom. The predicted octanol–water partition coefficient (Wildman–Crippen LogP) is 1.52. The van der Waals surface area contributed by atoms with Crippen LogP contribution in [0.1, 0.15) is 18.4 Å². The molecule has 0 aliphatic carbocycles. The van der Waals surface area contributed by atoms with E-state index in [1.54, 1.807) is 0 Å².